The van der Waals surface area contributed by atoms with Gasteiger partial charge in [0.25, 0.3) is 0 Å². The maximum atomic E-state index is 12.5. The molecule has 1 saturated heterocycles. The number of hydrogen-bond acceptors (Lipinski definition) is 9. The summed E-state index contributed by atoms with van der Waals surface area (Å²) in [7, 11) is 0. The Morgan fingerprint density at radius 2 is 1.67 bits per heavy atom. The van der Waals surface area contributed by atoms with Crippen molar-refractivity contribution in [2.75, 3.05) is 29.0 Å². The van der Waals surface area contributed by atoms with E-state index in [2.05, 4.69) is 20.5 Å². The van der Waals surface area contributed by atoms with Crippen molar-refractivity contribution < 1.29 is 9.63 Å². The van der Waals surface area contributed by atoms with E-state index in [-0.39, 0.29) is 30.9 Å². The number of rotatable bonds is 7. The SMILES string of the molecule is Cc1cccc(Cl)c1NC(=O)ON1CCC(Nc2nc(N[C@H]3CC[C@H](N)CC3)nc3c2ncn3C2CCCC2)CC1.Cl.Cl. The van der Waals surface area contributed by atoms with Crippen LogP contribution in [0.5, 0.6) is 0 Å². The monoisotopic (exact) mass is 653 g/mol. The second kappa shape index (κ2) is 14.9. The highest BCUT2D eigenvalue weighted by molar-refractivity contribution is 6.33. The molecule has 6 rings (SSSR count). The lowest BCUT2D eigenvalue weighted by Gasteiger charge is -2.31. The van der Waals surface area contributed by atoms with Crippen LogP contribution in [0.1, 0.15) is 75.8 Å². The second-order valence-corrected chi connectivity index (χ2v) is 12.1. The van der Waals surface area contributed by atoms with Gasteiger partial charge in [-0.3, -0.25) is 5.32 Å². The molecule has 0 spiro atoms. The molecule has 1 amide bonds. The zero-order valence-electron chi connectivity index (χ0n) is 24.4. The van der Waals surface area contributed by atoms with Crippen molar-refractivity contribution in [1.29, 1.82) is 0 Å². The third kappa shape index (κ3) is 7.94. The van der Waals surface area contributed by atoms with Gasteiger partial charge in [-0.25, -0.2) is 9.78 Å². The van der Waals surface area contributed by atoms with Gasteiger partial charge in [0.1, 0.15) is 0 Å². The lowest BCUT2D eigenvalue weighted by Crippen LogP contribution is -2.41. The first-order valence-corrected chi connectivity index (χ1v) is 15.3. The van der Waals surface area contributed by atoms with E-state index in [1.165, 1.54) is 12.8 Å². The molecule has 0 radical (unpaired) electrons. The molecule has 0 bridgehead atoms. The Morgan fingerprint density at radius 3 is 2.37 bits per heavy atom. The molecule has 3 aromatic rings. The summed E-state index contributed by atoms with van der Waals surface area (Å²) in [6, 6.07) is 6.70. The van der Waals surface area contributed by atoms with Crippen LogP contribution in [0.25, 0.3) is 11.2 Å². The predicted molar refractivity (Wildman–Crippen MR) is 176 cm³/mol. The molecular formula is C29H42Cl3N9O2. The van der Waals surface area contributed by atoms with Gasteiger partial charge in [0.05, 0.1) is 17.0 Å². The van der Waals surface area contributed by atoms with E-state index < -0.39 is 6.09 Å². The highest BCUT2D eigenvalue weighted by atomic mass is 35.5. The van der Waals surface area contributed by atoms with E-state index in [4.69, 9.17) is 37.1 Å². The van der Waals surface area contributed by atoms with Gasteiger partial charge < -0.3 is 25.8 Å². The van der Waals surface area contributed by atoms with Gasteiger partial charge in [0.2, 0.25) is 5.95 Å². The summed E-state index contributed by atoms with van der Waals surface area (Å²) < 4.78 is 2.24. The molecule has 2 saturated carbocycles. The van der Waals surface area contributed by atoms with E-state index in [1.54, 1.807) is 11.1 Å². The Morgan fingerprint density at radius 1 is 0.977 bits per heavy atom. The quantitative estimate of drug-likeness (QED) is 0.226. The molecule has 11 nitrogen and oxygen atoms in total. The van der Waals surface area contributed by atoms with E-state index in [0.717, 1.165) is 73.9 Å². The summed E-state index contributed by atoms with van der Waals surface area (Å²) in [5.74, 6) is 1.40. The van der Waals surface area contributed by atoms with Crippen LogP contribution in [0.3, 0.4) is 0 Å². The van der Waals surface area contributed by atoms with Crippen LogP contribution in [0.2, 0.25) is 5.02 Å². The number of imidazole rings is 1. The lowest BCUT2D eigenvalue weighted by atomic mass is 9.92. The number of amides is 1. The number of aryl methyl sites for hydroxylation is 1. The zero-order valence-corrected chi connectivity index (χ0v) is 26.8. The Labute approximate surface area is 269 Å². The number of benzene rings is 1. The Hall–Kier alpha value is -2.57. The minimum atomic E-state index is -0.540. The molecule has 3 heterocycles. The van der Waals surface area contributed by atoms with Crippen LogP contribution in [-0.2, 0) is 4.84 Å². The van der Waals surface area contributed by atoms with Crippen LogP contribution in [-0.4, -0.2) is 61.9 Å². The van der Waals surface area contributed by atoms with Crippen LogP contribution in [0.15, 0.2) is 24.5 Å². The highest BCUT2D eigenvalue weighted by Crippen LogP contribution is 2.34. The first kappa shape index (κ1) is 33.3. The van der Waals surface area contributed by atoms with Gasteiger partial charge in [-0.05, 0) is 69.9 Å². The standard InChI is InChI=1S/C29H40ClN9O2.2ClH/c1-18-5-4-8-23(30)24(18)35-29(40)41-38-15-13-21(14-16-38)33-26-25-27(39(17-32-25)22-6-2-3-7-22)37-28(36-26)34-20-11-9-19(31)10-12-20;;/h4-5,8,17,19-22H,2-3,6-7,9-16,31H2,1H3,(H,35,40)(H2,33,34,36,37);2*1H/t19-,20-;;. The molecule has 3 fully saturated rings. The van der Waals surface area contributed by atoms with E-state index in [1.807, 2.05) is 25.4 Å². The average molecular weight is 655 g/mol. The van der Waals surface area contributed by atoms with Gasteiger partial charge in [-0.15, -0.1) is 29.9 Å². The summed E-state index contributed by atoms with van der Waals surface area (Å²) in [5, 5.41) is 12.2. The summed E-state index contributed by atoms with van der Waals surface area (Å²) in [5.41, 5.74) is 9.27. The van der Waals surface area contributed by atoms with Crippen LogP contribution in [0.4, 0.5) is 22.2 Å². The summed E-state index contributed by atoms with van der Waals surface area (Å²) >= 11 is 6.24. The van der Waals surface area contributed by atoms with Crippen LogP contribution >= 0.6 is 36.4 Å². The van der Waals surface area contributed by atoms with Crippen molar-refractivity contribution in [1.82, 2.24) is 24.6 Å². The van der Waals surface area contributed by atoms with Crippen molar-refractivity contribution in [3.05, 3.63) is 35.1 Å². The van der Waals surface area contributed by atoms with Crippen molar-refractivity contribution in [2.45, 2.75) is 95.3 Å². The van der Waals surface area contributed by atoms with Crippen molar-refractivity contribution in [2.24, 2.45) is 5.73 Å². The number of carbonyl (C=O) groups is 1. The molecular weight excluding hydrogens is 613 g/mol. The number of nitrogens with one attached hydrogen (secondary N) is 3. The van der Waals surface area contributed by atoms with Gasteiger partial charge in [-0.2, -0.15) is 9.97 Å². The van der Waals surface area contributed by atoms with E-state index >= 15 is 0 Å². The number of carbonyl (C=O) groups excluding carboxylic acids is 1. The van der Waals surface area contributed by atoms with Crippen molar-refractivity contribution >= 4 is 71.1 Å². The third-order valence-electron chi connectivity index (χ3n) is 8.70. The number of hydroxylamine groups is 2. The minimum Gasteiger partial charge on any atom is -0.365 e. The Balaban J connectivity index is 0.00000212. The number of halogens is 3. The molecule has 236 valence electrons. The molecule has 2 aliphatic carbocycles. The van der Waals surface area contributed by atoms with Gasteiger partial charge in [0, 0.05) is 37.3 Å². The molecule has 3 aliphatic rings. The smallest absolute Gasteiger partial charge is 0.365 e. The fraction of sp³-hybridized carbons (Fsp3) is 0.586. The number of hydrogen-bond donors (Lipinski definition) is 4. The summed E-state index contributed by atoms with van der Waals surface area (Å²) in [4.78, 5) is 32.8. The van der Waals surface area contributed by atoms with Crippen molar-refractivity contribution in [3.8, 4) is 0 Å². The number of para-hydroxylation sites is 1. The molecule has 2 aromatic heterocycles. The highest BCUT2D eigenvalue weighted by Gasteiger charge is 2.27. The van der Waals surface area contributed by atoms with Crippen molar-refractivity contribution in [3.63, 3.8) is 0 Å². The number of nitrogens with zero attached hydrogens (tertiary/aromatic N) is 5. The maximum absolute atomic E-state index is 12.5. The maximum Gasteiger partial charge on any atom is 0.430 e. The van der Waals surface area contributed by atoms with Crippen LogP contribution < -0.4 is 21.7 Å². The molecule has 43 heavy (non-hydrogen) atoms. The second-order valence-electron chi connectivity index (χ2n) is 11.7. The normalized spacial score (nSPS) is 21.6. The molecule has 1 aromatic carbocycles. The molecule has 0 atom stereocenters. The molecule has 5 N–H and O–H groups in total. The molecule has 1 aliphatic heterocycles. The van der Waals surface area contributed by atoms with E-state index in [9.17, 15) is 4.79 Å². The number of fused-ring (bicyclic) bond motifs is 1. The largest absolute Gasteiger partial charge is 0.430 e. The summed E-state index contributed by atoms with van der Waals surface area (Å²) in [6.07, 6.45) is 11.8. The first-order valence-electron chi connectivity index (χ1n) is 14.9. The van der Waals surface area contributed by atoms with Gasteiger partial charge in [-0.1, -0.05) is 36.6 Å². The zero-order chi connectivity index (χ0) is 28.3. The fourth-order valence-electron chi connectivity index (χ4n) is 6.29. The lowest BCUT2D eigenvalue weighted by molar-refractivity contribution is -0.107. The molecule has 0 unspecified atom stereocenters. The number of nitrogens with two attached hydrogens (primary N) is 1. The minimum absolute atomic E-state index is 0. The van der Waals surface area contributed by atoms with Gasteiger partial charge >= 0.3 is 6.09 Å². The van der Waals surface area contributed by atoms with E-state index in [0.29, 0.717) is 47.9 Å². The predicted octanol–water partition coefficient (Wildman–Crippen LogP) is 6.47. The van der Waals surface area contributed by atoms with Gasteiger partial charge in [0.15, 0.2) is 17.0 Å². The number of piperidine rings is 1. The first-order chi connectivity index (χ1) is 19.9. The van der Waals surface area contributed by atoms with Crippen LogP contribution in [0, 0.1) is 6.92 Å². The Kier molecular flexibility index (Phi) is 11.6. The number of aromatic nitrogens is 4. The summed E-state index contributed by atoms with van der Waals surface area (Å²) in [6.45, 7) is 3.10. The average Bonchev–Trinajstić information content (AvgIpc) is 3.64. The molecule has 14 heteroatoms. The Bertz CT molecular complexity index is 1350. The topological polar surface area (TPSA) is 135 Å². The number of anilines is 3. The third-order valence-corrected chi connectivity index (χ3v) is 9.02. The fourth-order valence-corrected chi connectivity index (χ4v) is 6.56.